The van der Waals surface area contributed by atoms with Crippen molar-refractivity contribution in [1.82, 2.24) is 25.0 Å². The first-order valence-corrected chi connectivity index (χ1v) is 7.19. The van der Waals surface area contributed by atoms with Crippen molar-refractivity contribution in [3.8, 4) is 5.69 Å². The second-order valence-electron chi connectivity index (χ2n) is 5.37. The lowest BCUT2D eigenvalue weighted by atomic mass is 10.0. The largest absolute Gasteiger partial charge is 0.316 e. The first-order chi connectivity index (χ1) is 9.85. The third-order valence-electron chi connectivity index (χ3n) is 3.94. The van der Waals surface area contributed by atoms with Gasteiger partial charge in [0, 0.05) is 19.1 Å². The van der Waals surface area contributed by atoms with Crippen LogP contribution in [0.15, 0.2) is 36.9 Å². The normalized spacial score (nSPS) is 19.2. The maximum Gasteiger partial charge on any atom is 0.138 e. The number of piperidine rings is 1. The van der Waals surface area contributed by atoms with E-state index in [1.54, 1.807) is 17.3 Å². The topological polar surface area (TPSA) is 46.0 Å². The van der Waals surface area contributed by atoms with Gasteiger partial charge in [0.1, 0.15) is 12.7 Å². The summed E-state index contributed by atoms with van der Waals surface area (Å²) in [5.74, 6) is 0. The Kier molecular flexibility index (Phi) is 5.73. The van der Waals surface area contributed by atoms with Gasteiger partial charge in [-0.25, -0.2) is 9.67 Å². The molecule has 1 N–H and O–H groups in total. The summed E-state index contributed by atoms with van der Waals surface area (Å²) in [6.07, 6.45) is 5.84. The highest BCUT2D eigenvalue weighted by atomic mass is 35.5. The van der Waals surface area contributed by atoms with Crippen molar-refractivity contribution in [2.24, 2.45) is 0 Å². The molecule has 0 aliphatic carbocycles. The molecule has 1 aromatic carbocycles. The van der Waals surface area contributed by atoms with E-state index < -0.39 is 0 Å². The molecule has 1 aliphatic heterocycles. The summed E-state index contributed by atoms with van der Waals surface area (Å²) in [5.41, 5.74) is 2.41. The molecule has 1 saturated heterocycles. The van der Waals surface area contributed by atoms with Gasteiger partial charge in [0.05, 0.1) is 5.69 Å². The Morgan fingerprint density at radius 3 is 2.76 bits per heavy atom. The predicted octanol–water partition coefficient (Wildman–Crippen LogP) is 1.87. The molecule has 0 spiro atoms. The quantitative estimate of drug-likeness (QED) is 0.937. The van der Waals surface area contributed by atoms with Crippen LogP contribution in [0, 0.1) is 0 Å². The van der Waals surface area contributed by atoms with Crippen LogP contribution in [-0.2, 0) is 6.54 Å². The van der Waals surface area contributed by atoms with Crippen LogP contribution in [0.5, 0.6) is 0 Å². The van der Waals surface area contributed by atoms with Gasteiger partial charge in [-0.3, -0.25) is 4.90 Å². The van der Waals surface area contributed by atoms with Crippen molar-refractivity contribution in [2.75, 3.05) is 20.1 Å². The summed E-state index contributed by atoms with van der Waals surface area (Å²) >= 11 is 0. The number of nitrogens with zero attached hydrogens (tertiary/aromatic N) is 4. The molecule has 3 rings (SSSR count). The van der Waals surface area contributed by atoms with Gasteiger partial charge in [-0.2, -0.15) is 5.10 Å². The molecule has 2 heterocycles. The lowest BCUT2D eigenvalue weighted by Crippen LogP contribution is -2.43. The molecule has 0 amide bonds. The van der Waals surface area contributed by atoms with Crippen LogP contribution in [0.4, 0.5) is 0 Å². The number of likely N-dealkylation sites (N-methyl/N-ethyl adjacent to an activating group) is 1. The van der Waals surface area contributed by atoms with Gasteiger partial charge >= 0.3 is 0 Å². The van der Waals surface area contributed by atoms with Crippen LogP contribution < -0.4 is 5.32 Å². The van der Waals surface area contributed by atoms with Crippen LogP contribution in [0.1, 0.15) is 18.4 Å². The van der Waals surface area contributed by atoms with Crippen LogP contribution in [-0.4, -0.2) is 45.8 Å². The number of hydrogen-bond donors (Lipinski definition) is 1. The van der Waals surface area contributed by atoms with Crippen molar-refractivity contribution in [3.05, 3.63) is 42.5 Å². The summed E-state index contributed by atoms with van der Waals surface area (Å²) < 4.78 is 1.78. The van der Waals surface area contributed by atoms with E-state index in [1.165, 1.54) is 24.9 Å². The van der Waals surface area contributed by atoms with Crippen molar-refractivity contribution < 1.29 is 0 Å². The molecule has 0 bridgehead atoms. The first kappa shape index (κ1) is 15.9. The van der Waals surface area contributed by atoms with Crippen LogP contribution in [0.25, 0.3) is 5.69 Å². The predicted molar refractivity (Wildman–Crippen MR) is 86.0 cm³/mol. The molecule has 1 aliphatic rings. The summed E-state index contributed by atoms with van der Waals surface area (Å²) in [6, 6.07) is 9.20. The Bertz CT molecular complexity index is 526. The fourth-order valence-corrected chi connectivity index (χ4v) is 2.79. The van der Waals surface area contributed by atoms with E-state index >= 15 is 0 Å². The van der Waals surface area contributed by atoms with Gasteiger partial charge in [-0.15, -0.1) is 12.4 Å². The van der Waals surface area contributed by atoms with E-state index in [2.05, 4.69) is 51.6 Å². The highest BCUT2D eigenvalue weighted by Gasteiger charge is 2.18. The Hall–Kier alpha value is -1.43. The number of rotatable bonds is 4. The van der Waals surface area contributed by atoms with E-state index in [9.17, 15) is 0 Å². The smallest absolute Gasteiger partial charge is 0.138 e. The third kappa shape index (κ3) is 4.03. The molecular formula is C15H22ClN5. The molecule has 1 unspecified atom stereocenters. The van der Waals surface area contributed by atoms with E-state index in [4.69, 9.17) is 0 Å². The summed E-state index contributed by atoms with van der Waals surface area (Å²) in [7, 11) is 2.06. The van der Waals surface area contributed by atoms with Crippen LogP contribution >= 0.6 is 12.4 Å². The molecule has 21 heavy (non-hydrogen) atoms. The number of likely N-dealkylation sites (tertiary alicyclic amines) is 1. The summed E-state index contributed by atoms with van der Waals surface area (Å²) in [6.45, 7) is 3.36. The van der Waals surface area contributed by atoms with Gasteiger partial charge < -0.3 is 5.32 Å². The van der Waals surface area contributed by atoms with Gasteiger partial charge in [0.15, 0.2) is 0 Å². The van der Waals surface area contributed by atoms with Crippen molar-refractivity contribution >= 4 is 12.4 Å². The maximum absolute atomic E-state index is 4.14. The van der Waals surface area contributed by atoms with Gasteiger partial charge in [0.2, 0.25) is 0 Å². The van der Waals surface area contributed by atoms with Gasteiger partial charge in [0.25, 0.3) is 0 Å². The minimum atomic E-state index is 0. The van der Waals surface area contributed by atoms with Crippen molar-refractivity contribution in [2.45, 2.75) is 25.4 Å². The van der Waals surface area contributed by atoms with E-state index in [-0.39, 0.29) is 12.4 Å². The SMILES string of the molecule is CNC1CCCN(Cc2ccc(-n3cncn3)cc2)C1.Cl. The van der Waals surface area contributed by atoms with E-state index in [0.717, 1.165) is 18.8 Å². The lowest BCUT2D eigenvalue weighted by molar-refractivity contribution is 0.188. The molecule has 2 aromatic rings. The molecule has 5 nitrogen and oxygen atoms in total. The van der Waals surface area contributed by atoms with Crippen LogP contribution in [0.2, 0.25) is 0 Å². The van der Waals surface area contributed by atoms with Crippen molar-refractivity contribution in [3.63, 3.8) is 0 Å². The molecule has 1 aromatic heterocycles. The second kappa shape index (κ2) is 7.54. The van der Waals surface area contributed by atoms with Crippen molar-refractivity contribution in [1.29, 1.82) is 0 Å². The Balaban J connectivity index is 0.00000161. The number of nitrogens with one attached hydrogen (secondary N) is 1. The number of aromatic nitrogens is 3. The number of benzene rings is 1. The highest BCUT2D eigenvalue weighted by molar-refractivity contribution is 5.85. The molecule has 0 radical (unpaired) electrons. The highest BCUT2D eigenvalue weighted by Crippen LogP contribution is 2.15. The van der Waals surface area contributed by atoms with Gasteiger partial charge in [-0.05, 0) is 44.1 Å². The minimum absolute atomic E-state index is 0. The fraction of sp³-hybridized carbons (Fsp3) is 0.467. The number of hydrogen-bond acceptors (Lipinski definition) is 4. The average Bonchev–Trinajstić information content (AvgIpc) is 3.02. The molecule has 6 heteroatoms. The standard InChI is InChI=1S/C15H21N5.ClH/c1-16-14-3-2-8-19(10-14)9-13-4-6-15(7-5-13)20-12-17-11-18-20;/h4-7,11-12,14,16H,2-3,8-10H2,1H3;1H. The fourth-order valence-electron chi connectivity index (χ4n) is 2.79. The van der Waals surface area contributed by atoms with E-state index in [0.29, 0.717) is 6.04 Å². The average molecular weight is 308 g/mol. The summed E-state index contributed by atoms with van der Waals surface area (Å²) in [4.78, 5) is 6.49. The Morgan fingerprint density at radius 2 is 2.10 bits per heavy atom. The molecule has 1 atom stereocenters. The molecule has 0 saturated carbocycles. The molecular weight excluding hydrogens is 286 g/mol. The Labute approximate surface area is 131 Å². The molecule has 1 fully saturated rings. The molecule has 114 valence electrons. The van der Waals surface area contributed by atoms with E-state index in [1.807, 2.05) is 0 Å². The maximum atomic E-state index is 4.14. The lowest BCUT2D eigenvalue weighted by Gasteiger charge is -2.32. The zero-order chi connectivity index (χ0) is 13.8. The number of halogens is 1. The first-order valence-electron chi connectivity index (χ1n) is 7.19. The zero-order valence-electron chi connectivity index (χ0n) is 12.3. The monoisotopic (exact) mass is 307 g/mol. The second-order valence-corrected chi connectivity index (χ2v) is 5.37. The third-order valence-corrected chi connectivity index (χ3v) is 3.94. The van der Waals surface area contributed by atoms with Crippen LogP contribution in [0.3, 0.4) is 0 Å². The zero-order valence-corrected chi connectivity index (χ0v) is 13.1. The minimum Gasteiger partial charge on any atom is -0.316 e. The summed E-state index contributed by atoms with van der Waals surface area (Å²) in [5, 5.41) is 7.53. The van der Waals surface area contributed by atoms with Gasteiger partial charge in [-0.1, -0.05) is 12.1 Å². The Morgan fingerprint density at radius 1 is 1.29 bits per heavy atom.